The van der Waals surface area contributed by atoms with Gasteiger partial charge in [-0.05, 0) is 6.92 Å². The summed E-state index contributed by atoms with van der Waals surface area (Å²) in [6.45, 7) is 2.25. The third-order valence-electron chi connectivity index (χ3n) is 1.24. The fraction of sp³-hybridized carbons (Fsp3) is 0.429. The highest BCUT2D eigenvalue weighted by atomic mass is 32.1. The van der Waals surface area contributed by atoms with Gasteiger partial charge in [-0.3, -0.25) is 4.79 Å². The summed E-state index contributed by atoms with van der Waals surface area (Å²) < 4.78 is 24.9. The molecule has 0 saturated carbocycles. The standard InChI is InChI=1S/C7H7F2NOS/c1-4-10-3-5(12-4)6(11)7(2,8)9/h3H,1-2H3. The first-order chi connectivity index (χ1) is 5.41. The Hall–Kier alpha value is -0.840. The molecule has 1 aromatic heterocycles. The molecule has 66 valence electrons. The lowest BCUT2D eigenvalue weighted by molar-refractivity contribution is 0.0226. The van der Waals surface area contributed by atoms with E-state index in [1.165, 1.54) is 6.20 Å². The molecule has 0 unspecified atom stereocenters. The zero-order valence-electron chi connectivity index (χ0n) is 6.60. The second-order valence-corrected chi connectivity index (χ2v) is 3.70. The van der Waals surface area contributed by atoms with Gasteiger partial charge in [0.05, 0.1) is 9.88 Å². The molecule has 0 aliphatic heterocycles. The number of thiazole rings is 1. The molecule has 1 rings (SSSR count). The van der Waals surface area contributed by atoms with Crippen LogP contribution in [0.25, 0.3) is 0 Å². The highest BCUT2D eigenvalue weighted by molar-refractivity contribution is 7.13. The summed E-state index contributed by atoms with van der Waals surface area (Å²) in [7, 11) is 0. The van der Waals surface area contributed by atoms with Crippen molar-refractivity contribution in [1.82, 2.24) is 4.98 Å². The Labute approximate surface area is 72.2 Å². The molecular weight excluding hydrogens is 184 g/mol. The number of halogens is 2. The molecule has 0 atom stereocenters. The highest BCUT2D eigenvalue weighted by Crippen LogP contribution is 2.22. The molecule has 1 aromatic rings. The minimum atomic E-state index is -3.29. The zero-order valence-corrected chi connectivity index (χ0v) is 7.41. The van der Waals surface area contributed by atoms with Crippen molar-refractivity contribution in [3.05, 3.63) is 16.1 Å². The third kappa shape index (κ3) is 1.85. The summed E-state index contributed by atoms with van der Waals surface area (Å²) in [6, 6.07) is 0. The molecule has 0 amide bonds. The van der Waals surface area contributed by atoms with E-state index in [0.29, 0.717) is 11.9 Å². The van der Waals surface area contributed by atoms with Crippen LogP contribution >= 0.6 is 11.3 Å². The number of aromatic nitrogens is 1. The van der Waals surface area contributed by atoms with E-state index in [-0.39, 0.29) is 4.88 Å². The summed E-state index contributed by atoms with van der Waals surface area (Å²) >= 11 is 0.982. The largest absolute Gasteiger partial charge is 0.307 e. The molecule has 0 aliphatic carbocycles. The Bertz CT molecular complexity index is 303. The summed E-state index contributed by atoms with van der Waals surface area (Å²) in [6.07, 6.45) is 1.18. The van der Waals surface area contributed by atoms with Gasteiger partial charge in [0.1, 0.15) is 0 Å². The topological polar surface area (TPSA) is 30.0 Å². The smallest absolute Gasteiger partial charge is 0.286 e. The summed E-state index contributed by atoms with van der Waals surface area (Å²) in [4.78, 5) is 14.6. The number of carbonyl (C=O) groups excluding carboxylic acids is 1. The number of alkyl halides is 2. The van der Waals surface area contributed by atoms with Crippen molar-refractivity contribution in [2.45, 2.75) is 19.8 Å². The molecule has 0 bridgehead atoms. The van der Waals surface area contributed by atoms with E-state index in [0.717, 1.165) is 11.3 Å². The van der Waals surface area contributed by atoms with Gasteiger partial charge in [0, 0.05) is 13.1 Å². The van der Waals surface area contributed by atoms with Crippen molar-refractivity contribution in [3.63, 3.8) is 0 Å². The maximum atomic E-state index is 12.4. The van der Waals surface area contributed by atoms with Crippen molar-refractivity contribution in [2.24, 2.45) is 0 Å². The Morgan fingerprint density at radius 3 is 2.58 bits per heavy atom. The van der Waals surface area contributed by atoms with Gasteiger partial charge in [-0.2, -0.15) is 8.78 Å². The lowest BCUT2D eigenvalue weighted by Crippen LogP contribution is -2.23. The minimum absolute atomic E-state index is 0.0139. The number of Topliss-reactive ketones (excluding diaryl/α,β-unsaturated/α-hetero) is 1. The van der Waals surface area contributed by atoms with Crippen LogP contribution in [-0.2, 0) is 0 Å². The second-order valence-electron chi connectivity index (χ2n) is 2.46. The van der Waals surface area contributed by atoms with Crippen LogP contribution in [0.1, 0.15) is 21.6 Å². The van der Waals surface area contributed by atoms with Crippen LogP contribution in [-0.4, -0.2) is 16.7 Å². The van der Waals surface area contributed by atoms with Gasteiger partial charge in [-0.1, -0.05) is 0 Å². The van der Waals surface area contributed by atoms with Crippen LogP contribution in [0.4, 0.5) is 8.78 Å². The van der Waals surface area contributed by atoms with Crippen LogP contribution in [0, 0.1) is 6.92 Å². The molecule has 0 N–H and O–H groups in total. The Kier molecular flexibility index (Phi) is 2.23. The van der Waals surface area contributed by atoms with E-state index in [1.807, 2.05) is 0 Å². The van der Waals surface area contributed by atoms with E-state index in [4.69, 9.17) is 0 Å². The molecule has 1 heterocycles. The fourth-order valence-electron chi connectivity index (χ4n) is 0.683. The first kappa shape index (κ1) is 9.25. The maximum absolute atomic E-state index is 12.4. The van der Waals surface area contributed by atoms with E-state index in [2.05, 4.69) is 4.98 Å². The van der Waals surface area contributed by atoms with Gasteiger partial charge in [-0.25, -0.2) is 4.98 Å². The molecule has 2 nitrogen and oxygen atoms in total. The number of carbonyl (C=O) groups is 1. The van der Waals surface area contributed by atoms with Crippen molar-refractivity contribution in [3.8, 4) is 0 Å². The van der Waals surface area contributed by atoms with Gasteiger partial charge in [-0.15, -0.1) is 11.3 Å². The van der Waals surface area contributed by atoms with Crippen LogP contribution < -0.4 is 0 Å². The molecule has 0 saturated heterocycles. The maximum Gasteiger partial charge on any atom is 0.307 e. The normalized spacial score (nSPS) is 11.7. The van der Waals surface area contributed by atoms with Crippen molar-refractivity contribution < 1.29 is 13.6 Å². The number of ketones is 1. The Morgan fingerprint density at radius 2 is 2.25 bits per heavy atom. The van der Waals surface area contributed by atoms with Crippen LogP contribution in [0.5, 0.6) is 0 Å². The van der Waals surface area contributed by atoms with Crippen molar-refractivity contribution in [2.75, 3.05) is 0 Å². The van der Waals surface area contributed by atoms with E-state index in [1.54, 1.807) is 6.92 Å². The Morgan fingerprint density at radius 1 is 1.67 bits per heavy atom. The number of aryl methyl sites for hydroxylation is 1. The summed E-state index contributed by atoms with van der Waals surface area (Å²) in [5.41, 5.74) is 0. The molecular formula is C7H7F2NOS. The Balaban J connectivity index is 2.93. The van der Waals surface area contributed by atoms with Crippen LogP contribution in [0.15, 0.2) is 6.20 Å². The SMILES string of the molecule is Cc1ncc(C(=O)C(C)(F)F)s1. The first-order valence-corrected chi connectivity index (χ1v) is 4.08. The number of hydrogen-bond acceptors (Lipinski definition) is 3. The minimum Gasteiger partial charge on any atom is -0.286 e. The van der Waals surface area contributed by atoms with Crippen LogP contribution in [0.2, 0.25) is 0 Å². The third-order valence-corrected chi connectivity index (χ3v) is 2.16. The number of rotatable bonds is 2. The predicted octanol–water partition coefficient (Wildman–Crippen LogP) is 2.29. The van der Waals surface area contributed by atoms with E-state index >= 15 is 0 Å². The molecule has 0 aliphatic rings. The zero-order chi connectivity index (χ0) is 9.35. The summed E-state index contributed by atoms with van der Waals surface area (Å²) in [5, 5.41) is 0.614. The van der Waals surface area contributed by atoms with E-state index in [9.17, 15) is 13.6 Å². The molecule has 5 heteroatoms. The number of nitrogens with zero attached hydrogens (tertiary/aromatic N) is 1. The molecule has 0 spiro atoms. The summed E-state index contributed by atoms with van der Waals surface area (Å²) in [5.74, 6) is -4.45. The molecule has 0 aromatic carbocycles. The van der Waals surface area contributed by atoms with Crippen molar-refractivity contribution in [1.29, 1.82) is 0 Å². The van der Waals surface area contributed by atoms with Gasteiger partial charge in [0.25, 0.3) is 0 Å². The monoisotopic (exact) mass is 191 g/mol. The van der Waals surface area contributed by atoms with Crippen molar-refractivity contribution >= 4 is 17.1 Å². The van der Waals surface area contributed by atoms with Gasteiger partial charge in [0.15, 0.2) is 0 Å². The quantitative estimate of drug-likeness (QED) is 0.671. The van der Waals surface area contributed by atoms with E-state index < -0.39 is 11.7 Å². The molecule has 0 fully saturated rings. The van der Waals surface area contributed by atoms with Gasteiger partial charge >= 0.3 is 5.92 Å². The average Bonchev–Trinajstić information content (AvgIpc) is 2.32. The second kappa shape index (κ2) is 2.90. The van der Waals surface area contributed by atoms with Gasteiger partial charge in [0.2, 0.25) is 5.78 Å². The fourth-order valence-corrected chi connectivity index (χ4v) is 1.48. The van der Waals surface area contributed by atoms with Crippen LogP contribution in [0.3, 0.4) is 0 Å². The lowest BCUT2D eigenvalue weighted by atomic mass is 10.2. The molecule has 0 radical (unpaired) electrons. The van der Waals surface area contributed by atoms with Gasteiger partial charge < -0.3 is 0 Å². The lowest BCUT2D eigenvalue weighted by Gasteiger charge is -2.04. The average molecular weight is 191 g/mol. The first-order valence-electron chi connectivity index (χ1n) is 3.26. The highest BCUT2D eigenvalue weighted by Gasteiger charge is 2.34. The predicted molar refractivity (Wildman–Crippen MR) is 41.8 cm³/mol. The number of hydrogen-bond donors (Lipinski definition) is 0. The molecule has 12 heavy (non-hydrogen) atoms.